The number of ether oxygens (including phenoxy) is 2. The Morgan fingerprint density at radius 1 is 1.32 bits per heavy atom. The van der Waals surface area contributed by atoms with E-state index in [9.17, 15) is 0 Å². The zero-order valence-corrected chi connectivity index (χ0v) is 11.4. The van der Waals surface area contributed by atoms with Crippen LogP contribution < -0.4 is 15.2 Å². The molecule has 19 heavy (non-hydrogen) atoms. The lowest BCUT2D eigenvalue weighted by atomic mass is 10.2. The number of halogens is 1. The predicted molar refractivity (Wildman–Crippen MR) is 73.5 cm³/mol. The highest BCUT2D eigenvalue weighted by molar-refractivity contribution is 6.28. The molecule has 0 aliphatic heterocycles. The minimum absolute atomic E-state index is 0.118. The molecule has 0 saturated heterocycles. The fraction of sp³-hybridized carbons (Fsp3) is 0.231. The summed E-state index contributed by atoms with van der Waals surface area (Å²) in [4.78, 5) is 7.91. The number of nitrogen functional groups attached to an aromatic ring is 1. The van der Waals surface area contributed by atoms with Gasteiger partial charge in [0.05, 0.1) is 12.8 Å². The quantitative estimate of drug-likeness (QED) is 0.871. The Bertz CT molecular complexity index is 590. The maximum Gasteiger partial charge on any atom is 0.242 e. The molecule has 6 heteroatoms. The van der Waals surface area contributed by atoms with Gasteiger partial charge < -0.3 is 15.2 Å². The first-order valence-corrected chi connectivity index (χ1v) is 6.03. The molecule has 2 N–H and O–H groups in total. The Hall–Kier alpha value is -2.01. The van der Waals surface area contributed by atoms with E-state index in [0.717, 1.165) is 11.3 Å². The van der Waals surface area contributed by atoms with Gasteiger partial charge in [-0.1, -0.05) is 12.1 Å². The van der Waals surface area contributed by atoms with E-state index in [2.05, 4.69) is 9.97 Å². The van der Waals surface area contributed by atoms with Crippen molar-refractivity contribution in [1.82, 2.24) is 9.97 Å². The highest BCUT2D eigenvalue weighted by Gasteiger charge is 2.09. The van der Waals surface area contributed by atoms with E-state index in [0.29, 0.717) is 23.9 Å². The second-order valence-electron chi connectivity index (χ2n) is 3.94. The molecule has 1 aromatic carbocycles. The van der Waals surface area contributed by atoms with Gasteiger partial charge in [0.1, 0.15) is 18.0 Å². The van der Waals surface area contributed by atoms with Crippen molar-refractivity contribution in [3.8, 4) is 11.6 Å². The first-order valence-electron chi connectivity index (χ1n) is 5.65. The van der Waals surface area contributed by atoms with Crippen molar-refractivity contribution in [2.24, 2.45) is 0 Å². The monoisotopic (exact) mass is 279 g/mol. The number of hydrogen-bond acceptors (Lipinski definition) is 5. The molecule has 1 aromatic heterocycles. The van der Waals surface area contributed by atoms with E-state index in [1.807, 2.05) is 24.3 Å². The molecular formula is C13H14ClN3O2. The van der Waals surface area contributed by atoms with Crippen LogP contribution in [0.25, 0.3) is 0 Å². The molecule has 0 unspecified atom stereocenters. The van der Waals surface area contributed by atoms with E-state index in [1.54, 1.807) is 14.0 Å². The summed E-state index contributed by atoms with van der Waals surface area (Å²) < 4.78 is 10.7. The molecule has 0 atom stereocenters. The van der Waals surface area contributed by atoms with Gasteiger partial charge in [0.15, 0.2) is 0 Å². The Kier molecular flexibility index (Phi) is 4.06. The molecule has 5 nitrogen and oxygen atoms in total. The number of aryl methyl sites for hydroxylation is 1. The summed E-state index contributed by atoms with van der Waals surface area (Å²) in [5.41, 5.74) is 7.78. The molecule has 0 saturated carbocycles. The highest BCUT2D eigenvalue weighted by atomic mass is 35.5. The second-order valence-corrected chi connectivity index (χ2v) is 4.28. The zero-order valence-electron chi connectivity index (χ0n) is 10.7. The maximum absolute atomic E-state index is 5.84. The summed E-state index contributed by atoms with van der Waals surface area (Å²) in [6, 6.07) is 7.56. The highest BCUT2D eigenvalue weighted by Crippen LogP contribution is 2.24. The fourth-order valence-electron chi connectivity index (χ4n) is 1.55. The molecule has 1 heterocycles. The molecule has 2 rings (SSSR count). The summed E-state index contributed by atoms with van der Waals surface area (Å²) in [5, 5.41) is 0.118. The topological polar surface area (TPSA) is 70.3 Å². The predicted octanol–water partition coefficient (Wildman–Crippen LogP) is 2.61. The van der Waals surface area contributed by atoms with Crippen molar-refractivity contribution in [1.29, 1.82) is 0 Å². The van der Waals surface area contributed by atoms with E-state index in [4.69, 9.17) is 26.8 Å². The van der Waals surface area contributed by atoms with Crippen molar-refractivity contribution in [2.45, 2.75) is 13.5 Å². The molecule has 0 aliphatic rings. The van der Waals surface area contributed by atoms with Crippen molar-refractivity contribution >= 4 is 17.3 Å². The first-order chi connectivity index (χ1) is 9.10. The van der Waals surface area contributed by atoms with Crippen LogP contribution in [0.4, 0.5) is 5.69 Å². The van der Waals surface area contributed by atoms with Gasteiger partial charge in [-0.25, -0.2) is 4.98 Å². The Labute approximate surface area is 116 Å². The Balaban J connectivity index is 2.14. The van der Waals surface area contributed by atoms with Gasteiger partial charge in [0.25, 0.3) is 0 Å². The van der Waals surface area contributed by atoms with Crippen molar-refractivity contribution in [2.75, 3.05) is 12.8 Å². The molecule has 0 radical (unpaired) electrons. The van der Waals surface area contributed by atoms with Crippen molar-refractivity contribution < 1.29 is 9.47 Å². The average molecular weight is 280 g/mol. The molecular weight excluding hydrogens is 266 g/mol. The summed E-state index contributed by atoms with van der Waals surface area (Å²) in [6.07, 6.45) is 0. The minimum Gasteiger partial charge on any atom is -0.497 e. The van der Waals surface area contributed by atoms with Crippen molar-refractivity contribution in [3.63, 3.8) is 0 Å². The normalized spacial score (nSPS) is 10.3. The van der Waals surface area contributed by atoms with Crippen LogP contribution in [-0.2, 0) is 6.61 Å². The molecule has 0 amide bonds. The number of methoxy groups -OCH3 is 1. The van der Waals surface area contributed by atoms with Crippen LogP contribution in [-0.4, -0.2) is 17.1 Å². The Morgan fingerprint density at radius 2 is 2.11 bits per heavy atom. The summed E-state index contributed by atoms with van der Waals surface area (Å²) in [6.45, 7) is 2.08. The van der Waals surface area contributed by atoms with Gasteiger partial charge in [-0.05, 0) is 36.2 Å². The minimum atomic E-state index is 0.118. The van der Waals surface area contributed by atoms with Crippen LogP contribution in [0.1, 0.15) is 11.3 Å². The standard InChI is InChI=1S/C13H14ClN3O2/c1-8-11(15)12(17-13(14)16-8)19-7-9-4-3-5-10(6-9)18-2/h3-6H,7,15H2,1-2H3. The third-order valence-corrected chi connectivity index (χ3v) is 2.75. The van der Waals surface area contributed by atoms with Gasteiger partial charge in [-0.3, -0.25) is 0 Å². The second kappa shape index (κ2) is 5.75. The Morgan fingerprint density at radius 3 is 2.84 bits per heavy atom. The molecule has 100 valence electrons. The van der Waals surface area contributed by atoms with E-state index in [-0.39, 0.29) is 5.28 Å². The molecule has 2 aromatic rings. The molecule has 0 aliphatic carbocycles. The zero-order chi connectivity index (χ0) is 13.8. The van der Waals surface area contributed by atoms with E-state index < -0.39 is 0 Å². The third-order valence-electron chi connectivity index (χ3n) is 2.58. The maximum atomic E-state index is 5.84. The van der Waals surface area contributed by atoms with Crippen molar-refractivity contribution in [3.05, 3.63) is 40.8 Å². The number of hydrogen-bond donors (Lipinski definition) is 1. The molecule has 0 spiro atoms. The number of benzene rings is 1. The molecule has 0 bridgehead atoms. The van der Waals surface area contributed by atoms with E-state index in [1.165, 1.54) is 0 Å². The third kappa shape index (κ3) is 3.26. The summed E-state index contributed by atoms with van der Waals surface area (Å²) in [5.74, 6) is 1.06. The van der Waals surface area contributed by atoms with Gasteiger partial charge in [-0.15, -0.1) is 0 Å². The van der Waals surface area contributed by atoms with E-state index >= 15 is 0 Å². The number of rotatable bonds is 4. The number of aromatic nitrogens is 2. The summed E-state index contributed by atoms with van der Waals surface area (Å²) >= 11 is 5.77. The van der Waals surface area contributed by atoms with Crippen LogP contribution in [0, 0.1) is 6.92 Å². The smallest absolute Gasteiger partial charge is 0.242 e. The lowest BCUT2D eigenvalue weighted by Gasteiger charge is -2.10. The van der Waals surface area contributed by atoms with Gasteiger partial charge >= 0.3 is 0 Å². The summed E-state index contributed by atoms with van der Waals surface area (Å²) in [7, 11) is 1.62. The lowest BCUT2D eigenvalue weighted by Crippen LogP contribution is -2.04. The molecule has 0 fully saturated rings. The lowest BCUT2D eigenvalue weighted by molar-refractivity contribution is 0.294. The largest absolute Gasteiger partial charge is 0.497 e. The average Bonchev–Trinajstić information content (AvgIpc) is 2.41. The van der Waals surface area contributed by atoms with Gasteiger partial charge in [0, 0.05) is 0 Å². The number of nitrogens with zero attached hydrogens (tertiary/aromatic N) is 2. The van der Waals surface area contributed by atoms with Crippen LogP contribution >= 0.6 is 11.6 Å². The van der Waals surface area contributed by atoms with Crippen LogP contribution in [0.2, 0.25) is 5.28 Å². The van der Waals surface area contributed by atoms with Crippen LogP contribution in [0.3, 0.4) is 0 Å². The first kappa shape index (κ1) is 13.4. The number of nitrogens with two attached hydrogens (primary N) is 1. The van der Waals surface area contributed by atoms with Crippen LogP contribution in [0.15, 0.2) is 24.3 Å². The van der Waals surface area contributed by atoms with Gasteiger partial charge in [0.2, 0.25) is 11.2 Å². The number of anilines is 1. The van der Waals surface area contributed by atoms with Gasteiger partial charge in [-0.2, -0.15) is 4.98 Å². The van der Waals surface area contributed by atoms with Crippen LogP contribution in [0.5, 0.6) is 11.6 Å². The fourth-order valence-corrected chi connectivity index (χ4v) is 1.75. The SMILES string of the molecule is COc1cccc(COc2nc(Cl)nc(C)c2N)c1.